The second-order valence-corrected chi connectivity index (χ2v) is 2.60. The zero-order chi connectivity index (χ0) is 5.40. The summed E-state index contributed by atoms with van der Waals surface area (Å²) >= 11 is 0. The highest BCUT2D eigenvalue weighted by atomic mass is 15.0. The molecule has 0 aromatic carbocycles. The number of aliphatic imine (C=N–C) groups is 1. The van der Waals surface area contributed by atoms with Crippen LogP contribution in [0.3, 0.4) is 0 Å². The maximum atomic E-state index is 4.20. The Labute approximate surface area is 49.0 Å². The van der Waals surface area contributed by atoms with Crippen molar-refractivity contribution in [3.63, 3.8) is 0 Å². The summed E-state index contributed by atoms with van der Waals surface area (Å²) in [7, 11) is 0. The van der Waals surface area contributed by atoms with Crippen LogP contribution in [0.4, 0.5) is 0 Å². The van der Waals surface area contributed by atoms with E-state index < -0.39 is 0 Å². The molecule has 2 atom stereocenters. The van der Waals surface area contributed by atoms with Crippen molar-refractivity contribution in [2.45, 2.75) is 0 Å². The second-order valence-electron chi connectivity index (χ2n) is 2.60. The fourth-order valence-corrected chi connectivity index (χ4v) is 1.46. The summed E-state index contributed by atoms with van der Waals surface area (Å²) in [6, 6.07) is 0. The molecule has 1 fully saturated rings. The van der Waals surface area contributed by atoms with Crippen molar-refractivity contribution in [2.24, 2.45) is 16.8 Å². The standard InChI is InChI=1S/C6H10N2/c1-5-2-8-4-6(5)3-7-1/h1,5-6,8H,2-4H2. The van der Waals surface area contributed by atoms with Crippen LogP contribution in [0.25, 0.3) is 0 Å². The van der Waals surface area contributed by atoms with Crippen LogP contribution in [0.2, 0.25) is 0 Å². The van der Waals surface area contributed by atoms with Crippen molar-refractivity contribution >= 4 is 6.21 Å². The number of nitrogens with zero attached hydrogens (tertiary/aromatic N) is 1. The van der Waals surface area contributed by atoms with E-state index >= 15 is 0 Å². The van der Waals surface area contributed by atoms with Crippen LogP contribution in [0, 0.1) is 11.8 Å². The van der Waals surface area contributed by atoms with Gasteiger partial charge in [0.2, 0.25) is 0 Å². The SMILES string of the molecule is C1=NCC2CNCC12. The highest BCUT2D eigenvalue weighted by molar-refractivity contribution is 5.64. The first-order valence-corrected chi connectivity index (χ1v) is 3.17. The summed E-state index contributed by atoms with van der Waals surface area (Å²) in [6.07, 6.45) is 2.10. The van der Waals surface area contributed by atoms with E-state index in [0.717, 1.165) is 24.9 Å². The van der Waals surface area contributed by atoms with Gasteiger partial charge < -0.3 is 5.32 Å². The Morgan fingerprint density at radius 3 is 3.38 bits per heavy atom. The molecule has 8 heavy (non-hydrogen) atoms. The maximum absolute atomic E-state index is 4.20. The highest BCUT2D eigenvalue weighted by Gasteiger charge is 2.28. The third-order valence-corrected chi connectivity index (χ3v) is 2.03. The molecule has 0 spiro atoms. The molecule has 0 radical (unpaired) electrons. The third kappa shape index (κ3) is 0.494. The molecule has 2 aliphatic rings. The predicted octanol–water partition coefficient (Wildman–Crippen LogP) is -0.0936. The first-order chi connectivity index (χ1) is 3.97. The van der Waals surface area contributed by atoms with Gasteiger partial charge in [-0.3, -0.25) is 4.99 Å². The van der Waals surface area contributed by atoms with Gasteiger partial charge in [-0.2, -0.15) is 0 Å². The summed E-state index contributed by atoms with van der Waals surface area (Å²) < 4.78 is 0. The minimum Gasteiger partial charge on any atom is -0.316 e. The largest absolute Gasteiger partial charge is 0.316 e. The molecule has 0 aromatic rings. The molecule has 0 aromatic heterocycles. The number of hydrogen-bond donors (Lipinski definition) is 1. The predicted molar refractivity (Wildman–Crippen MR) is 33.2 cm³/mol. The number of hydrogen-bond acceptors (Lipinski definition) is 2. The molecule has 2 nitrogen and oxygen atoms in total. The fraction of sp³-hybridized carbons (Fsp3) is 0.833. The molecule has 2 rings (SSSR count). The first-order valence-electron chi connectivity index (χ1n) is 3.17. The van der Waals surface area contributed by atoms with E-state index in [1.54, 1.807) is 0 Å². The van der Waals surface area contributed by atoms with E-state index in [-0.39, 0.29) is 0 Å². The second kappa shape index (κ2) is 1.55. The van der Waals surface area contributed by atoms with Gasteiger partial charge in [0.1, 0.15) is 0 Å². The van der Waals surface area contributed by atoms with E-state index in [4.69, 9.17) is 0 Å². The van der Waals surface area contributed by atoms with E-state index in [0.29, 0.717) is 0 Å². The van der Waals surface area contributed by atoms with Crippen LogP contribution >= 0.6 is 0 Å². The molecular formula is C6H10N2. The van der Waals surface area contributed by atoms with Crippen LogP contribution in [-0.4, -0.2) is 25.8 Å². The summed E-state index contributed by atoms with van der Waals surface area (Å²) in [6.45, 7) is 3.41. The summed E-state index contributed by atoms with van der Waals surface area (Å²) in [5, 5.41) is 3.33. The number of rotatable bonds is 0. The van der Waals surface area contributed by atoms with E-state index in [9.17, 15) is 0 Å². The van der Waals surface area contributed by atoms with Gasteiger partial charge in [-0.25, -0.2) is 0 Å². The van der Waals surface area contributed by atoms with Gasteiger partial charge in [0.05, 0.1) is 0 Å². The Balaban J connectivity index is 2.13. The lowest BCUT2D eigenvalue weighted by Crippen LogP contribution is -2.10. The van der Waals surface area contributed by atoms with Crippen molar-refractivity contribution in [3.05, 3.63) is 0 Å². The zero-order valence-electron chi connectivity index (χ0n) is 4.80. The smallest absolute Gasteiger partial charge is 0.0432 e. The molecule has 0 saturated carbocycles. The van der Waals surface area contributed by atoms with Crippen LogP contribution < -0.4 is 5.32 Å². The lowest BCUT2D eigenvalue weighted by atomic mass is 10.0. The van der Waals surface area contributed by atoms with Gasteiger partial charge in [-0.05, 0) is 5.92 Å². The molecule has 2 unspecified atom stereocenters. The molecule has 1 saturated heterocycles. The van der Waals surface area contributed by atoms with Gasteiger partial charge >= 0.3 is 0 Å². The highest BCUT2D eigenvalue weighted by Crippen LogP contribution is 2.19. The number of nitrogens with one attached hydrogen (secondary N) is 1. The Bertz CT molecular complexity index is 120. The number of fused-ring (bicyclic) bond motifs is 1. The minimum absolute atomic E-state index is 0.773. The van der Waals surface area contributed by atoms with Gasteiger partial charge in [-0.1, -0.05) is 0 Å². The molecule has 44 valence electrons. The average molecular weight is 110 g/mol. The van der Waals surface area contributed by atoms with Crippen molar-refractivity contribution in [2.75, 3.05) is 19.6 Å². The molecule has 0 amide bonds. The normalized spacial score (nSPS) is 43.0. The van der Waals surface area contributed by atoms with Crippen LogP contribution in [0.1, 0.15) is 0 Å². The molecule has 2 heterocycles. The van der Waals surface area contributed by atoms with Gasteiger partial charge in [0.15, 0.2) is 0 Å². The molecular weight excluding hydrogens is 100 g/mol. The van der Waals surface area contributed by atoms with Crippen molar-refractivity contribution < 1.29 is 0 Å². The van der Waals surface area contributed by atoms with Crippen molar-refractivity contribution in [3.8, 4) is 0 Å². The van der Waals surface area contributed by atoms with Crippen LogP contribution in [0.15, 0.2) is 4.99 Å². The Morgan fingerprint density at radius 1 is 1.50 bits per heavy atom. The molecule has 2 heteroatoms. The van der Waals surface area contributed by atoms with E-state index in [1.807, 2.05) is 0 Å². The Hall–Kier alpha value is -0.370. The van der Waals surface area contributed by atoms with Gasteiger partial charge in [-0.15, -0.1) is 0 Å². The average Bonchev–Trinajstić information content (AvgIpc) is 2.15. The third-order valence-electron chi connectivity index (χ3n) is 2.03. The fourth-order valence-electron chi connectivity index (χ4n) is 1.46. The summed E-state index contributed by atoms with van der Waals surface area (Å²) in [5.74, 6) is 1.62. The quantitative estimate of drug-likeness (QED) is 0.463. The summed E-state index contributed by atoms with van der Waals surface area (Å²) in [4.78, 5) is 4.20. The van der Waals surface area contributed by atoms with E-state index in [2.05, 4.69) is 16.5 Å². The van der Waals surface area contributed by atoms with Crippen molar-refractivity contribution in [1.82, 2.24) is 5.32 Å². The first kappa shape index (κ1) is 4.50. The topological polar surface area (TPSA) is 24.4 Å². The van der Waals surface area contributed by atoms with Crippen molar-refractivity contribution in [1.29, 1.82) is 0 Å². The minimum atomic E-state index is 0.773. The van der Waals surface area contributed by atoms with Gasteiger partial charge in [0, 0.05) is 31.8 Å². The summed E-state index contributed by atoms with van der Waals surface area (Å²) in [5.41, 5.74) is 0. The Kier molecular flexibility index (Phi) is 0.875. The lowest BCUT2D eigenvalue weighted by molar-refractivity contribution is 0.572. The lowest BCUT2D eigenvalue weighted by Gasteiger charge is -2.00. The maximum Gasteiger partial charge on any atom is 0.0432 e. The molecule has 1 N–H and O–H groups in total. The molecule has 0 bridgehead atoms. The van der Waals surface area contributed by atoms with Crippen LogP contribution in [0.5, 0.6) is 0 Å². The Morgan fingerprint density at radius 2 is 2.50 bits per heavy atom. The van der Waals surface area contributed by atoms with Gasteiger partial charge in [0.25, 0.3) is 0 Å². The monoisotopic (exact) mass is 110 g/mol. The van der Waals surface area contributed by atoms with Crippen LogP contribution in [-0.2, 0) is 0 Å². The van der Waals surface area contributed by atoms with E-state index in [1.165, 1.54) is 6.54 Å². The zero-order valence-corrected chi connectivity index (χ0v) is 4.80. The molecule has 2 aliphatic heterocycles. The molecule has 0 aliphatic carbocycles.